The van der Waals surface area contributed by atoms with Gasteiger partial charge >= 0.3 is 0 Å². The topological polar surface area (TPSA) is 61.8 Å². The van der Waals surface area contributed by atoms with Crippen LogP contribution in [0.4, 0.5) is 5.82 Å². The van der Waals surface area contributed by atoms with Gasteiger partial charge in [-0.05, 0) is 68.9 Å². The molecule has 6 nitrogen and oxygen atoms in total. The Balaban J connectivity index is 1.48. The Morgan fingerprint density at radius 1 is 1.19 bits per heavy atom. The summed E-state index contributed by atoms with van der Waals surface area (Å²) in [4.78, 5) is 11.9. The van der Waals surface area contributed by atoms with Crippen LogP contribution < -0.4 is 20.3 Å². The van der Waals surface area contributed by atoms with Crippen LogP contribution in [-0.2, 0) is 0 Å². The van der Waals surface area contributed by atoms with Gasteiger partial charge in [0.05, 0.1) is 7.11 Å². The molecular weight excluding hydrogens is 386 g/mol. The maximum absolute atomic E-state index is 5.25. The average Bonchev–Trinajstić information content (AvgIpc) is 2.79. The minimum Gasteiger partial charge on any atom is -0.497 e. The summed E-state index contributed by atoms with van der Waals surface area (Å²) in [7, 11) is 1.70. The fourth-order valence-corrected chi connectivity index (χ4v) is 3.94. The van der Waals surface area contributed by atoms with Crippen molar-refractivity contribution in [3.63, 3.8) is 0 Å². The van der Waals surface area contributed by atoms with Crippen LogP contribution in [0, 0.1) is 6.92 Å². The Labute approximate surface area is 187 Å². The summed E-state index contributed by atoms with van der Waals surface area (Å²) < 4.78 is 5.25. The zero-order valence-electron chi connectivity index (χ0n) is 19.4. The Morgan fingerprint density at radius 3 is 2.58 bits per heavy atom. The molecule has 0 radical (unpaired) electrons. The zero-order chi connectivity index (χ0) is 22.1. The van der Waals surface area contributed by atoms with Gasteiger partial charge in [0.2, 0.25) is 0 Å². The van der Waals surface area contributed by atoms with Crippen molar-refractivity contribution < 1.29 is 4.74 Å². The number of nitrogens with zero attached hydrogens (tertiary/aromatic N) is 3. The molecule has 0 bridgehead atoms. The van der Waals surface area contributed by atoms with E-state index in [2.05, 4.69) is 58.6 Å². The largest absolute Gasteiger partial charge is 0.497 e. The van der Waals surface area contributed by atoms with Crippen LogP contribution in [0.15, 0.2) is 47.5 Å². The van der Waals surface area contributed by atoms with E-state index in [1.54, 1.807) is 7.11 Å². The molecule has 0 saturated carbocycles. The number of methoxy groups -OCH3 is 1. The molecule has 1 fully saturated rings. The second-order valence-electron chi connectivity index (χ2n) is 8.27. The third-order valence-electron chi connectivity index (χ3n) is 5.89. The number of anilines is 1. The number of piperidine rings is 1. The summed E-state index contributed by atoms with van der Waals surface area (Å²) in [6.07, 6.45) is 3.19. The normalized spacial score (nSPS) is 16.1. The molecule has 1 aliphatic heterocycles. The van der Waals surface area contributed by atoms with E-state index in [0.717, 1.165) is 68.7 Å². The number of hydrogen-bond donors (Lipinski definition) is 2. The van der Waals surface area contributed by atoms with E-state index in [-0.39, 0.29) is 0 Å². The van der Waals surface area contributed by atoms with Crippen LogP contribution in [0.25, 0.3) is 0 Å². The molecule has 1 unspecified atom stereocenters. The molecule has 1 atom stereocenters. The van der Waals surface area contributed by atoms with E-state index in [1.165, 1.54) is 5.56 Å². The molecule has 2 N–H and O–H groups in total. The van der Waals surface area contributed by atoms with Crippen molar-refractivity contribution in [2.24, 2.45) is 4.99 Å². The molecule has 1 saturated heterocycles. The van der Waals surface area contributed by atoms with E-state index in [4.69, 9.17) is 9.73 Å². The van der Waals surface area contributed by atoms with Crippen LogP contribution in [-0.4, -0.2) is 50.3 Å². The third kappa shape index (κ3) is 6.88. The lowest BCUT2D eigenvalue weighted by molar-refractivity contribution is 0.414. The molecule has 2 heterocycles. The van der Waals surface area contributed by atoms with Crippen molar-refractivity contribution in [1.29, 1.82) is 0 Å². The number of aliphatic imine (C=N–C) groups is 1. The highest BCUT2D eigenvalue weighted by atomic mass is 16.5. The highest BCUT2D eigenvalue weighted by Gasteiger charge is 2.21. The molecule has 1 aromatic heterocycles. The molecule has 1 aromatic carbocycles. The highest BCUT2D eigenvalue weighted by molar-refractivity contribution is 5.80. The Morgan fingerprint density at radius 2 is 1.94 bits per heavy atom. The fraction of sp³-hybridized carbons (Fsp3) is 0.520. The molecule has 3 rings (SSSR count). The summed E-state index contributed by atoms with van der Waals surface area (Å²) in [5, 5.41) is 7.05. The first-order chi connectivity index (χ1) is 15.1. The molecule has 0 aliphatic carbocycles. The number of hydrogen-bond acceptors (Lipinski definition) is 4. The number of guanidine groups is 1. The van der Waals surface area contributed by atoms with Gasteiger partial charge in [0.1, 0.15) is 11.6 Å². The SMILES string of the molecule is CCNC(=NCCC(C)c1ccc(OC)cc1)NC1CCN(c2cccc(C)n2)CC1. The molecule has 6 heteroatoms. The lowest BCUT2D eigenvalue weighted by atomic mass is 9.98. The molecule has 1 aliphatic rings. The van der Waals surface area contributed by atoms with Gasteiger partial charge in [0.15, 0.2) is 5.96 Å². The smallest absolute Gasteiger partial charge is 0.191 e. The zero-order valence-corrected chi connectivity index (χ0v) is 19.4. The van der Waals surface area contributed by atoms with E-state index in [0.29, 0.717) is 12.0 Å². The summed E-state index contributed by atoms with van der Waals surface area (Å²) in [6.45, 7) is 10.1. The van der Waals surface area contributed by atoms with Gasteiger partial charge in [-0.15, -0.1) is 0 Å². The van der Waals surface area contributed by atoms with Crippen molar-refractivity contribution in [3.05, 3.63) is 53.7 Å². The summed E-state index contributed by atoms with van der Waals surface area (Å²) in [5.41, 5.74) is 2.40. The first-order valence-corrected chi connectivity index (χ1v) is 11.5. The van der Waals surface area contributed by atoms with E-state index >= 15 is 0 Å². The quantitative estimate of drug-likeness (QED) is 0.494. The van der Waals surface area contributed by atoms with Crippen molar-refractivity contribution in [1.82, 2.24) is 15.6 Å². The molecule has 168 valence electrons. The molecule has 0 spiro atoms. The number of pyridine rings is 1. The van der Waals surface area contributed by atoms with Crippen LogP contribution in [0.2, 0.25) is 0 Å². The fourth-order valence-electron chi connectivity index (χ4n) is 3.94. The molecule has 0 amide bonds. The Hall–Kier alpha value is -2.76. The van der Waals surface area contributed by atoms with Gasteiger partial charge in [-0.3, -0.25) is 4.99 Å². The molecular formula is C25H37N5O. The number of benzene rings is 1. The minimum atomic E-state index is 0.442. The van der Waals surface area contributed by atoms with Gasteiger partial charge in [-0.1, -0.05) is 25.1 Å². The predicted octanol–water partition coefficient (Wildman–Crippen LogP) is 4.12. The monoisotopic (exact) mass is 423 g/mol. The first kappa shape index (κ1) is 22.9. The second kappa shape index (κ2) is 11.6. The van der Waals surface area contributed by atoms with Crippen molar-refractivity contribution in [2.45, 2.75) is 52.0 Å². The number of rotatable bonds is 8. The maximum Gasteiger partial charge on any atom is 0.191 e. The maximum atomic E-state index is 5.25. The van der Waals surface area contributed by atoms with Crippen LogP contribution in [0.3, 0.4) is 0 Å². The average molecular weight is 424 g/mol. The lowest BCUT2D eigenvalue weighted by Gasteiger charge is -2.34. The Bertz CT molecular complexity index is 828. The van der Waals surface area contributed by atoms with Crippen LogP contribution in [0.1, 0.15) is 50.3 Å². The van der Waals surface area contributed by atoms with E-state index < -0.39 is 0 Å². The molecule has 31 heavy (non-hydrogen) atoms. The summed E-state index contributed by atoms with van der Waals surface area (Å²) in [6, 6.07) is 15.0. The van der Waals surface area contributed by atoms with Crippen molar-refractivity contribution >= 4 is 11.8 Å². The first-order valence-electron chi connectivity index (χ1n) is 11.5. The van der Waals surface area contributed by atoms with E-state index in [1.807, 2.05) is 25.1 Å². The van der Waals surface area contributed by atoms with Gasteiger partial charge in [-0.25, -0.2) is 4.98 Å². The Kier molecular flexibility index (Phi) is 8.56. The lowest BCUT2D eigenvalue weighted by Crippen LogP contribution is -2.49. The van der Waals surface area contributed by atoms with Crippen molar-refractivity contribution in [2.75, 3.05) is 38.2 Å². The van der Waals surface area contributed by atoms with Gasteiger partial charge in [0, 0.05) is 37.9 Å². The summed E-state index contributed by atoms with van der Waals surface area (Å²) in [5.74, 6) is 3.38. The third-order valence-corrected chi connectivity index (χ3v) is 5.89. The van der Waals surface area contributed by atoms with Gasteiger partial charge in [-0.2, -0.15) is 0 Å². The van der Waals surface area contributed by atoms with Crippen molar-refractivity contribution in [3.8, 4) is 5.75 Å². The minimum absolute atomic E-state index is 0.442. The number of nitrogens with one attached hydrogen (secondary N) is 2. The number of aryl methyl sites for hydroxylation is 1. The number of aromatic nitrogens is 1. The van der Waals surface area contributed by atoms with Crippen LogP contribution in [0.5, 0.6) is 5.75 Å². The molecule has 2 aromatic rings. The predicted molar refractivity (Wildman–Crippen MR) is 129 cm³/mol. The summed E-state index contributed by atoms with van der Waals surface area (Å²) >= 11 is 0. The van der Waals surface area contributed by atoms with Gasteiger partial charge < -0.3 is 20.3 Å². The standard InChI is InChI=1S/C25H37N5O/c1-5-26-25(27-16-13-19(2)21-9-11-23(31-4)12-10-21)29-22-14-17-30(18-15-22)24-8-6-7-20(3)28-24/h6-12,19,22H,5,13-18H2,1-4H3,(H2,26,27,29). The number of ether oxygens (including phenoxy) is 1. The van der Waals surface area contributed by atoms with E-state index in [9.17, 15) is 0 Å². The van der Waals surface area contributed by atoms with Gasteiger partial charge in [0.25, 0.3) is 0 Å². The second-order valence-corrected chi connectivity index (χ2v) is 8.27. The van der Waals surface area contributed by atoms with Crippen LogP contribution >= 0.6 is 0 Å². The highest BCUT2D eigenvalue weighted by Crippen LogP contribution is 2.22.